The van der Waals surface area contributed by atoms with Crippen LogP contribution >= 0.6 is 0 Å². The number of unbranched alkanes of at least 4 members (excludes halogenated alkanes) is 1. The third kappa shape index (κ3) is 4.17. The third-order valence-electron chi connectivity index (χ3n) is 6.60. The molecule has 0 radical (unpaired) electrons. The Bertz CT molecular complexity index is 1020. The maximum absolute atomic E-state index is 2.50. The van der Waals surface area contributed by atoms with Gasteiger partial charge in [0.15, 0.2) is 0 Å². The zero-order valence-electron chi connectivity index (χ0n) is 19.4. The van der Waals surface area contributed by atoms with E-state index in [0.29, 0.717) is 0 Å². The van der Waals surface area contributed by atoms with E-state index in [0.717, 1.165) is 6.42 Å². The van der Waals surface area contributed by atoms with Crippen LogP contribution < -0.4 is 0 Å². The maximum Gasteiger partial charge on any atom is 0.0667 e. The molecule has 1 aliphatic carbocycles. The van der Waals surface area contributed by atoms with Gasteiger partial charge in [0.25, 0.3) is 0 Å². The molecule has 0 saturated heterocycles. The van der Waals surface area contributed by atoms with E-state index in [-0.39, 0.29) is 5.41 Å². The van der Waals surface area contributed by atoms with Crippen LogP contribution in [-0.4, -0.2) is 0 Å². The molecule has 1 aliphatic rings. The monoisotopic (exact) mass is 406 g/mol. The third-order valence-corrected chi connectivity index (χ3v) is 6.60. The minimum absolute atomic E-state index is 0.283. The number of allylic oxidation sites excluding steroid dienone is 4. The molecule has 0 nitrogen and oxygen atoms in total. The summed E-state index contributed by atoms with van der Waals surface area (Å²) in [4.78, 5) is 0. The van der Waals surface area contributed by atoms with Crippen molar-refractivity contribution in [3.8, 4) is 0 Å². The summed E-state index contributed by atoms with van der Waals surface area (Å²) >= 11 is 0. The zero-order chi connectivity index (χ0) is 21.8. The summed E-state index contributed by atoms with van der Waals surface area (Å²) in [5.41, 5.74) is 10.7. The van der Waals surface area contributed by atoms with Gasteiger partial charge >= 0.3 is 0 Å². The molecular weight excluding hydrogens is 372 g/mol. The molecule has 31 heavy (non-hydrogen) atoms. The quantitative estimate of drug-likeness (QED) is 0.346. The van der Waals surface area contributed by atoms with Crippen molar-refractivity contribution < 1.29 is 0 Å². The van der Waals surface area contributed by atoms with Crippen LogP contribution in [0.15, 0.2) is 96.1 Å². The SMILES string of the molecule is CCCCC1=CCC(C(c2cccc(C)c2)(c2cccc(C)c2)c2cccc(C)c2)=C1. The van der Waals surface area contributed by atoms with Crippen molar-refractivity contribution in [2.24, 2.45) is 0 Å². The fraction of sp³-hybridized carbons (Fsp3) is 0.290. The van der Waals surface area contributed by atoms with E-state index in [1.165, 1.54) is 63.8 Å². The summed E-state index contributed by atoms with van der Waals surface area (Å²) in [5, 5.41) is 0. The van der Waals surface area contributed by atoms with Gasteiger partial charge in [-0.15, -0.1) is 0 Å². The van der Waals surface area contributed by atoms with Crippen LogP contribution in [0.2, 0.25) is 0 Å². The Hall–Kier alpha value is -2.86. The lowest BCUT2D eigenvalue weighted by molar-refractivity contribution is 0.708. The van der Waals surface area contributed by atoms with E-state index in [9.17, 15) is 0 Å². The number of rotatable bonds is 7. The number of hydrogen-bond donors (Lipinski definition) is 0. The molecule has 3 aromatic carbocycles. The molecule has 0 amide bonds. The Labute approximate surface area is 188 Å². The first kappa shape index (κ1) is 21.4. The highest BCUT2D eigenvalue weighted by molar-refractivity contribution is 5.62. The standard InChI is InChI=1S/C31H34/c1-5-6-13-26-17-18-30(22-26)31(27-14-7-10-23(2)19-27,28-15-8-11-24(3)20-28)29-16-9-12-25(4)21-29/h7-12,14-17,19-22H,5-6,13,18H2,1-4H3. The summed E-state index contributed by atoms with van der Waals surface area (Å²) in [7, 11) is 0. The molecule has 0 atom stereocenters. The molecule has 0 heteroatoms. The Morgan fingerprint density at radius 2 is 1.19 bits per heavy atom. The topological polar surface area (TPSA) is 0 Å². The van der Waals surface area contributed by atoms with Crippen LogP contribution in [0.4, 0.5) is 0 Å². The average Bonchev–Trinajstić information content (AvgIpc) is 3.22. The fourth-order valence-electron chi connectivity index (χ4n) is 5.09. The van der Waals surface area contributed by atoms with Crippen molar-refractivity contribution in [3.63, 3.8) is 0 Å². The van der Waals surface area contributed by atoms with E-state index in [1.807, 2.05) is 0 Å². The normalized spacial score (nSPS) is 13.8. The Balaban J connectivity index is 2.03. The van der Waals surface area contributed by atoms with Gasteiger partial charge in [0.05, 0.1) is 5.41 Å². The van der Waals surface area contributed by atoms with Crippen molar-refractivity contribution in [2.45, 2.75) is 58.8 Å². The molecule has 3 aromatic rings. The van der Waals surface area contributed by atoms with Crippen molar-refractivity contribution in [1.82, 2.24) is 0 Å². The smallest absolute Gasteiger partial charge is 0.0667 e. The minimum atomic E-state index is -0.283. The largest absolute Gasteiger partial charge is 0.0772 e. The van der Waals surface area contributed by atoms with Crippen molar-refractivity contribution in [1.29, 1.82) is 0 Å². The first-order chi connectivity index (χ1) is 15.0. The lowest BCUT2D eigenvalue weighted by atomic mass is 9.63. The second-order valence-electron chi connectivity index (χ2n) is 9.11. The molecule has 0 unspecified atom stereocenters. The molecule has 0 aromatic heterocycles. The number of hydrogen-bond acceptors (Lipinski definition) is 0. The molecule has 158 valence electrons. The maximum atomic E-state index is 2.50. The van der Waals surface area contributed by atoms with E-state index in [4.69, 9.17) is 0 Å². The van der Waals surface area contributed by atoms with E-state index in [2.05, 4.69) is 113 Å². The lowest BCUT2D eigenvalue weighted by Crippen LogP contribution is -2.32. The molecule has 4 rings (SSSR count). The first-order valence-electron chi connectivity index (χ1n) is 11.7. The van der Waals surface area contributed by atoms with E-state index in [1.54, 1.807) is 0 Å². The van der Waals surface area contributed by atoms with Crippen LogP contribution in [0.25, 0.3) is 0 Å². The predicted octanol–water partition coefficient (Wildman–Crippen LogP) is 8.39. The first-order valence-corrected chi connectivity index (χ1v) is 11.7. The molecule has 0 spiro atoms. The van der Waals surface area contributed by atoms with Gasteiger partial charge in [0.2, 0.25) is 0 Å². The van der Waals surface area contributed by atoms with Gasteiger partial charge in [-0.1, -0.05) is 121 Å². The summed E-state index contributed by atoms with van der Waals surface area (Å²) in [6, 6.07) is 27.4. The summed E-state index contributed by atoms with van der Waals surface area (Å²) < 4.78 is 0. The molecule has 0 saturated carbocycles. The van der Waals surface area contributed by atoms with Gasteiger partial charge in [0, 0.05) is 0 Å². The molecular formula is C31H34. The van der Waals surface area contributed by atoms with Gasteiger partial charge in [-0.2, -0.15) is 0 Å². The second kappa shape index (κ2) is 9.10. The Kier molecular flexibility index (Phi) is 6.28. The Morgan fingerprint density at radius 3 is 1.61 bits per heavy atom. The fourth-order valence-corrected chi connectivity index (χ4v) is 5.09. The van der Waals surface area contributed by atoms with Crippen molar-refractivity contribution in [3.05, 3.63) is 129 Å². The highest BCUT2D eigenvalue weighted by Gasteiger charge is 2.40. The van der Waals surface area contributed by atoms with Gasteiger partial charge in [-0.05, 0) is 62.3 Å². The van der Waals surface area contributed by atoms with Gasteiger partial charge in [0.1, 0.15) is 0 Å². The van der Waals surface area contributed by atoms with E-state index < -0.39 is 0 Å². The van der Waals surface area contributed by atoms with Crippen LogP contribution in [0.5, 0.6) is 0 Å². The summed E-state index contributed by atoms with van der Waals surface area (Å²) in [6.45, 7) is 8.88. The summed E-state index contributed by atoms with van der Waals surface area (Å²) in [6.07, 6.45) is 9.63. The summed E-state index contributed by atoms with van der Waals surface area (Å²) in [5.74, 6) is 0. The highest BCUT2D eigenvalue weighted by atomic mass is 14.4. The predicted molar refractivity (Wildman–Crippen MR) is 134 cm³/mol. The molecule has 0 N–H and O–H groups in total. The van der Waals surface area contributed by atoms with Crippen LogP contribution in [0, 0.1) is 20.8 Å². The highest BCUT2D eigenvalue weighted by Crippen LogP contribution is 2.49. The van der Waals surface area contributed by atoms with Gasteiger partial charge in [-0.3, -0.25) is 0 Å². The lowest BCUT2D eigenvalue weighted by Gasteiger charge is -2.38. The van der Waals surface area contributed by atoms with Gasteiger partial charge < -0.3 is 0 Å². The van der Waals surface area contributed by atoms with Crippen molar-refractivity contribution >= 4 is 0 Å². The molecule has 0 fully saturated rings. The van der Waals surface area contributed by atoms with Gasteiger partial charge in [-0.25, -0.2) is 0 Å². The van der Waals surface area contributed by atoms with Crippen LogP contribution in [0.3, 0.4) is 0 Å². The second-order valence-corrected chi connectivity index (χ2v) is 9.11. The van der Waals surface area contributed by atoms with Crippen molar-refractivity contribution in [2.75, 3.05) is 0 Å². The molecule has 0 heterocycles. The number of aryl methyl sites for hydroxylation is 3. The van der Waals surface area contributed by atoms with E-state index >= 15 is 0 Å². The van der Waals surface area contributed by atoms with Crippen LogP contribution in [0.1, 0.15) is 66.0 Å². The molecule has 0 bridgehead atoms. The number of benzene rings is 3. The van der Waals surface area contributed by atoms with Crippen LogP contribution in [-0.2, 0) is 5.41 Å². The molecule has 0 aliphatic heterocycles. The zero-order valence-corrected chi connectivity index (χ0v) is 19.4. The minimum Gasteiger partial charge on any atom is -0.0772 e. The average molecular weight is 407 g/mol. The Morgan fingerprint density at radius 1 is 0.710 bits per heavy atom.